The molecule has 7 nitrogen and oxygen atoms in total. The number of nitrogens with zero attached hydrogens (tertiary/aromatic N) is 3. The van der Waals surface area contributed by atoms with Crippen molar-refractivity contribution in [2.75, 3.05) is 5.32 Å². The van der Waals surface area contributed by atoms with Crippen molar-refractivity contribution in [1.29, 1.82) is 0 Å². The van der Waals surface area contributed by atoms with E-state index in [1.165, 1.54) is 24.4 Å². The number of nitro groups is 1. The smallest absolute Gasteiger partial charge is 0.270 e. The number of carbonyl (C=O) groups is 1. The van der Waals surface area contributed by atoms with E-state index in [-0.39, 0.29) is 17.1 Å². The van der Waals surface area contributed by atoms with Crippen molar-refractivity contribution in [2.45, 2.75) is 6.92 Å². The Bertz CT molecular complexity index is 736. The van der Waals surface area contributed by atoms with Crippen LogP contribution in [-0.4, -0.2) is 20.8 Å². The fourth-order valence-corrected chi connectivity index (χ4v) is 2.48. The second kappa shape index (κ2) is 6.27. The second-order valence-corrected chi connectivity index (χ2v) is 5.61. The Morgan fingerprint density at radius 2 is 2.10 bits per heavy atom. The van der Waals surface area contributed by atoms with Crippen molar-refractivity contribution < 1.29 is 9.72 Å². The van der Waals surface area contributed by atoms with Gasteiger partial charge < -0.3 is 5.32 Å². The van der Waals surface area contributed by atoms with E-state index in [1.807, 2.05) is 0 Å². The lowest BCUT2D eigenvalue weighted by atomic mass is 10.1. The quantitative estimate of drug-likeness (QED) is 0.611. The van der Waals surface area contributed by atoms with Gasteiger partial charge in [0.15, 0.2) is 5.82 Å². The van der Waals surface area contributed by atoms with Gasteiger partial charge in [0.1, 0.15) is 9.21 Å². The zero-order chi connectivity index (χ0) is 15.6. The lowest BCUT2D eigenvalue weighted by Gasteiger charge is -2.08. The average Bonchev–Trinajstić information content (AvgIpc) is 2.42. The van der Waals surface area contributed by atoms with E-state index < -0.39 is 10.8 Å². The molecule has 0 saturated carbocycles. The van der Waals surface area contributed by atoms with E-state index >= 15 is 0 Å². The molecule has 1 N–H and O–H groups in total. The highest BCUT2D eigenvalue weighted by molar-refractivity contribution is 9.11. The molecule has 0 spiro atoms. The van der Waals surface area contributed by atoms with Gasteiger partial charge in [0.25, 0.3) is 11.6 Å². The zero-order valence-electron chi connectivity index (χ0n) is 10.6. The van der Waals surface area contributed by atoms with Crippen LogP contribution in [0.15, 0.2) is 33.6 Å². The number of hydrogen-bond acceptors (Lipinski definition) is 5. The molecule has 108 valence electrons. The Morgan fingerprint density at radius 1 is 1.38 bits per heavy atom. The first-order chi connectivity index (χ1) is 9.88. The Balaban J connectivity index is 2.32. The lowest BCUT2D eigenvalue weighted by molar-refractivity contribution is -0.384. The van der Waals surface area contributed by atoms with Gasteiger partial charge >= 0.3 is 0 Å². The monoisotopic (exact) mass is 414 g/mol. The third-order valence-electron chi connectivity index (χ3n) is 2.61. The molecule has 0 aliphatic heterocycles. The molecule has 1 aromatic heterocycles. The summed E-state index contributed by atoms with van der Waals surface area (Å²) in [5, 5.41) is 13.3. The van der Waals surface area contributed by atoms with E-state index in [0.29, 0.717) is 14.8 Å². The fourth-order valence-electron chi connectivity index (χ4n) is 1.57. The van der Waals surface area contributed by atoms with Crippen molar-refractivity contribution in [3.8, 4) is 0 Å². The van der Waals surface area contributed by atoms with Gasteiger partial charge in [0.2, 0.25) is 0 Å². The second-order valence-electron chi connectivity index (χ2n) is 4.04. The van der Waals surface area contributed by atoms with Crippen LogP contribution >= 0.6 is 31.9 Å². The van der Waals surface area contributed by atoms with Gasteiger partial charge in [-0.1, -0.05) is 6.07 Å². The number of aromatic nitrogens is 2. The van der Waals surface area contributed by atoms with Crippen LogP contribution in [0.25, 0.3) is 0 Å². The molecule has 0 aliphatic rings. The topological polar surface area (TPSA) is 98.0 Å². The Kier molecular flexibility index (Phi) is 4.63. The van der Waals surface area contributed by atoms with E-state index in [2.05, 4.69) is 47.1 Å². The number of carbonyl (C=O) groups excluding carboxylic acids is 1. The predicted octanol–water partition coefficient (Wildman–Crippen LogP) is 3.47. The molecule has 1 aromatic carbocycles. The number of halogens is 2. The Morgan fingerprint density at radius 3 is 2.71 bits per heavy atom. The first kappa shape index (κ1) is 15.5. The zero-order valence-corrected chi connectivity index (χ0v) is 13.8. The summed E-state index contributed by atoms with van der Waals surface area (Å²) in [6.07, 6.45) is 1.43. The number of non-ortho nitro benzene ring substituents is 1. The van der Waals surface area contributed by atoms with E-state index in [4.69, 9.17) is 0 Å². The van der Waals surface area contributed by atoms with Crippen molar-refractivity contribution in [3.63, 3.8) is 0 Å². The van der Waals surface area contributed by atoms with E-state index in [1.54, 1.807) is 6.92 Å². The highest BCUT2D eigenvalue weighted by Gasteiger charge is 2.16. The number of hydrogen-bond donors (Lipinski definition) is 1. The molecule has 2 aromatic rings. The number of anilines is 1. The van der Waals surface area contributed by atoms with Crippen LogP contribution in [0.4, 0.5) is 11.5 Å². The summed E-state index contributed by atoms with van der Waals surface area (Å²) in [6, 6.07) is 4.10. The van der Waals surface area contributed by atoms with Crippen LogP contribution in [0.3, 0.4) is 0 Å². The van der Waals surface area contributed by atoms with Crippen molar-refractivity contribution in [3.05, 3.63) is 54.8 Å². The van der Waals surface area contributed by atoms with Gasteiger partial charge in [-0.05, 0) is 44.3 Å². The molecule has 0 aliphatic carbocycles. The van der Waals surface area contributed by atoms with Gasteiger partial charge in [0.05, 0.1) is 11.1 Å². The SMILES string of the molecule is Cc1ccc([N+](=O)[O-])cc1C(=O)Nc1ncc(Br)nc1Br. The highest BCUT2D eigenvalue weighted by atomic mass is 79.9. The maximum atomic E-state index is 12.2. The van der Waals surface area contributed by atoms with E-state index in [0.717, 1.165) is 0 Å². The average molecular weight is 416 g/mol. The minimum absolute atomic E-state index is 0.147. The van der Waals surface area contributed by atoms with Gasteiger partial charge in [-0.2, -0.15) is 0 Å². The summed E-state index contributed by atoms with van der Waals surface area (Å²) in [5.41, 5.74) is 0.687. The maximum Gasteiger partial charge on any atom is 0.270 e. The number of benzene rings is 1. The number of amides is 1. The van der Waals surface area contributed by atoms with Crippen LogP contribution in [0.2, 0.25) is 0 Å². The van der Waals surface area contributed by atoms with Crippen LogP contribution in [0.1, 0.15) is 15.9 Å². The van der Waals surface area contributed by atoms with Gasteiger partial charge in [-0.15, -0.1) is 0 Å². The molecule has 1 heterocycles. The summed E-state index contributed by atoms with van der Waals surface area (Å²) in [7, 11) is 0. The van der Waals surface area contributed by atoms with Gasteiger partial charge in [-0.3, -0.25) is 14.9 Å². The Labute approximate surface area is 136 Å². The van der Waals surface area contributed by atoms with Crippen LogP contribution in [0.5, 0.6) is 0 Å². The first-order valence-corrected chi connectivity index (χ1v) is 7.21. The molecule has 0 bridgehead atoms. The summed E-state index contributed by atoms with van der Waals surface area (Å²) < 4.78 is 0.868. The van der Waals surface area contributed by atoms with Crippen LogP contribution < -0.4 is 5.32 Å². The lowest BCUT2D eigenvalue weighted by Crippen LogP contribution is -2.15. The minimum atomic E-state index is -0.550. The summed E-state index contributed by atoms with van der Waals surface area (Å²) in [5.74, 6) is -0.261. The van der Waals surface area contributed by atoms with Crippen molar-refractivity contribution in [2.24, 2.45) is 0 Å². The van der Waals surface area contributed by atoms with Crippen LogP contribution in [-0.2, 0) is 0 Å². The third-order valence-corrected chi connectivity index (χ3v) is 3.54. The predicted molar refractivity (Wildman–Crippen MR) is 83.2 cm³/mol. The van der Waals surface area contributed by atoms with Crippen molar-refractivity contribution in [1.82, 2.24) is 9.97 Å². The fraction of sp³-hybridized carbons (Fsp3) is 0.0833. The molecule has 21 heavy (non-hydrogen) atoms. The normalized spacial score (nSPS) is 10.2. The van der Waals surface area contributed by atoms with Gasteiger partial charge in [0, 0.05) is 17.7 Å². The van der Waals surface area contributed by atoms with Crippen molar-refractivity contribution >= 4 is 49.3 Å². The number of aryl methyl sites for hydroxylation is 1. The van der Waals surface area contributed by atoms with E-state index in [9.17, 15) is 14.9 Å². The molecule has 0 fully saturated rings. The first-order valence-electron chi connectivity index (χ1n) is 5.63. The summed E-state index contributed by atoms with van der Waals surface area (Å²) >= 11 is 6.33. The van der Waals surface area contributed by atoms with Gasteiger partial charge in [-0.25, -0.2) is 9.97 Å². The molecular formula is C12H8Br2N4O3. The molecule has 0 unspecified atom stereocenters. The summed E-state index contributed by atoms with van der Waals surface area (Å²) in [6.45, 7) is 1.70. The molecule has 9 heteroatoms. The molecular weight excluding hydrogens is 408 g/mol. The Hall–Kier alpha value is -1.87. The standard InChI is InChI=1S/C12H8Br2N4O3/c1-6-2-3-7(18(20)21)4-8(6)12(19)17-11-10(14)16-9(13)5-15-11/h2-5H,1H3,(H,15,17,19). The maximum absolute atomic E-state index is 12.2. The molecule has 2 rings (SSSR count). The highest BCUT2D eigenvalue weighted by Crippen LogP contribution is 2.22. The number of nitro benzene ring substituents is 1. The van der Waals surface area contributed by atoms with Crippen LogP contribution in [0, 0.1) is 17.0 Å². The molecule has 1 amide bonds. The minimum Gasteiger partial charge on any atom is -0.304 e. The largest absolute Gasteiger partial charge is 0.304 e. The number of rotatable bonds is 3. The summed E-state index contributed by atoms with van der Waals surface area (Å²) in [4.78, 5) is 30.5. The molecule has 0 saturated heterocycles. The number of nitrogens with one attached hydrogen (secondary N) is 1. The molecule has 0 radical (unpaired) electrons. The molecule has 0 atom stereocenters. The third kappa shape index (κ3) is 3.61.